The molecular formula is C16H17FN2O2. The highest BCUT2D eigenvalue weighted by molar-refractivity contribution is 5.88. The molecule has 0 aliphatic heterocycles. The molecule has 1 aromatic heterocycles. The van der Waals surface area contributed by atoms with Crippen molar-refractivity contribution < 1.29 is 14.3 Å². The van der Waals surface area contributed by atoms with E-state index in [-0.39, 0.29) is 5.56 Å². The second-order valence-electron chi connectivity index (χ2n) is 4.93. The first-order valence-electron chi connectivity index (χ1n) is 6.66. The molecule has 0 saturated carbocycles. The molecule has 1 aromatic carbocycles. The number of carboxylic acid groups (broad SMARTS) is 1. The minimum atomic E-state index is -1.24. The SMILES string of the molecule is CN(CCc1ccccn1)Cc1ccc(F)c(C(=O)O)c1. The standard InChI is InChI=1S/C16H17FN2O2/c1-19(9-7-13-4-2-3-8-18-13)11-12-5-6-15(17)14(10-12)16(20)21/h2-6,8,10H,7,9,11H2,1H3,(H,20,21). The predicted molar refractivity (Wildman–Crippen MR) is 77.6 cm³/mol. The largest absolute Gasteiger partial charge is 0.478 e. The summed E-state index contributed by atoms with van der Waals surface area (Å²) in [7, 11) is 1.94. The number of hydrogen-bond donors (Lipinski definition) is 1. The average Bonchev–Trinajstić information content (AvgIpc) is 2.48. The van der Waals surface area contributed by atoms with Gasteiger partial charge in [0.05, 0.1) is 5.56 Å². The minimum Gasteiger partial charge on any atom is -0.478 e. The summed E-state index contributed by atoms with van der Waals surface area (Å²) in [6.45, 7) is 1.35. The second kappa shape index (κ2) is 6.95. The van der Waals surface area contributed by atoms with Crippen LogP contribution in [0.3, 0.4) is 0 Å². The Kier molecular flexibility index (Phi) is 5.00. The zero-order valence-corrected chi connectivity index (χ0v) is 11.8. The average molecular weight is 288 g/mol. The Labute approximate surface area is 122 Å². The van der Waals surface area contributed by atoms with Crippen molar-refractivity contribution in [3.8, 4) is 0 Å². The van der Waals surface area contributed by atoms with Gasteiger partial charge in [0, 0.05) is 31.4 Å². The molecule has 0 unspecified atom stereocenters. The monoisotopic (exact) mass is 288 g/mol. The molecule has 0 radical (unpaired) electrons. The van der Waals surface area contributed by atoms with Crippen LogP contribution < -0.4 is 0 Å². The fraction of sp³-hybridized carbons (Fsp3) is 0.250. The van der Waals surface area contributed by atoms with Gasteiger partial charge >= 0.3 is 5.97 Å². The van der Waals surface area contributed by atoms with E-state index in [2.05, 4.69) is 4.98 Å². The lowest BCUT2D eigenvalue weighted by Crippen LogP contribution is -2.21. The van der Waals surface area contributed by atoms with Crippen molar-refractivity contribution in [2.75, 3.05) is 13.6 Å². The summed E-state index contributed by atoms with van der Waals surface area (Å²) < 4.78 is 13.3. The van der Waals surface area contributed by atoms with E-state index in [9.17, 15) is 9.18 Å². The summed E-state index contributed by atoms with van der Waals surface area (Å²) in [5, 5.41) is 8.91. The molecule has 0 atom stereocenters. The van der Waals surface area contributed by atoms with Crippen LogP contribution in [0, 0.1) is 5.82 Å². The van der Waals surface area contributed by atoms with Gasteiger partial charge < -0.3 is 10.0 Å². The minimum absolute atomic E-state index is 0.286. The van der Waals surface area contributed by atoms with Gasteiger partial charge in [-0.1, -0.05) is 12.1 Å². The first-order chi connectivity index (χ1) is 10.1. The van der Waals surface area contributed by atoms with Crippen molar-refractivity contribution in [3.63, 3.8) is 0 Å². The fourth-order valence-electron chi connectivity index (χ4n) is 2.08. The van der Waals surface area contributed by atoms with E-state index < -0.39 is 11.8 Å². The summed E-state index contributed by atoms with van der Waals surface area (Å²) in [6, 6.07) is 9.98. The molecule has 0 spiro atoms. The van der Waals surface area contributed by atoms with E-state index in [1.165, 1.54) is 12.1 Å². The predicted octanol–water partition coefficient (Wildman–Crippen LogP) is 2.59. The number of likely N-dealkylation sites (N-methyl/N-ethyl adjacent to an activating group) is 1. The Balaban J connectivity index is 1.95. The van der Waals surface area contributed by atoms with E-state index in [1.807, 2.05) is 30.1 Å². The highest BCUT2D eigenvalue weighted by Crippen LogP contribution is 2.12. The number of rotatable bonds is 6. The number of carboxylic acids is 1. The van der Waals surface area contributed by atoms with Gasteiger partial charge in [-0.3, -0.25) is 4.98 Å². The Morgan fingerprint density at radius 1 is 1.33 bits per heavy atom. The molecule has 21 heavy (non-hydrogen) atoms. The van der Waals surface area contributed by atoms with Crippen molar-refractivity contribution in [3.05, 3.63) is 65.2 Å². The van der Waals surface area contributed by atoms with Crippen LogP contribution in [-0.2, 0) is 13.0 Å². The van der Waals surface area contributed by atoms with Gasteiger partial charge in [0.15, 0.2) is 0 Å². The van der Waals surface area contributed by atoms with E-state index in [0.29, 0.717) is 6.54 Å². The van der Waals surface area contributed by atoms with Gasteiger partial charge in [-0.2, -0.15) is 0 Å². The van der Waals surface area contributed by atoms with Crippen molar-refractivity contribution in [1.29, 1.82) is 0 Å². The van der Waals surface area contributed by atoms with Crippen molar-refractivity contribution >= 4 is 5.97 Å². The van der Waals surface area contributed by atoms with E-state index in [0.717, 1.165) is 24.2 Å². The van der Waals surface area contributed by atoms with Crippen LogP contribution in [0.2, 0.25) is 0 Å². The molecule has 4 nitrogen and oxygen atoms in total. The van der Waals surface area contributed by atoms with Gasteiger partial charge in [0.2, 0.25) is 0 Å². The summed E-state index contributed by atoms with van der Waals surface area (Å²) in [6.07, 6.45) is 2.57. The molecule has 0 bridgehead atoms. The smallest absolute Gasteiger partial charge is 0.338 e. The van der Waals surface area contributed by atoms with Crippen molar-refractivity contribution in [2.45, 2.75) is 13.0 Å². The summed E-state index contributed by atoms with van der Waals surface area (Å²) in [4.78, 5) is 17.2. The van der Waals surface area contributed by atoms with E-state index in [1.54, 1.807) is 12.3 Å². The van der Waals surface area contributed by atoms with Gasteiger partial charge in [0.25, 0.3) is 0 Å². The van der Waals surface area contributed by atoms with Crippen molar-refractivity contribution in [1.82, 2.24) is 9.88 Å². The number of halogens is 1. The van der Waals surface area contributed by atoms with E-state index in [4.69, 9.17) is 5.11 Å². The topological polar surface area (TPSA) is 53.4 Å². The Hall–Kier alpha value is -2.27. The molecule has 1 heterocycles. The van der Waals surface area contributed by atoms with Crippen LogP contribution in [0.1, 0.15) is 21.6 Å². The summed E-state index contributed by atoms with van der Waals surface area (Å²) in [5.74, 6) is -1.95. The molecule has 0 saturated heterocycles. The Morgan fingerprint density at radius 2 is 2.14 bits per heavy atom. The molecule has 0 fully saturated rings. The second-order valence-corrected chi connectivity index (χ2v) is 4.93. The molecule has 5 heteroatoms. The lowest BCUT2D eigenvalue weighted by Gasteiger charge is -2.16. The highest BCUT2D eigenvalue weighted by atomic mass is 19.1. The first kappa shape index (κ1) is 15.1. The molecule has 2 rings (SSSR count). The van der Waals surface area contributed by atoms with E-state index >= 15 is 0 Å². The third-order valence-corrected chi connectivity index (χ3v) is 3.19. The maximum Gasteiger partial charge on any atom is 0.338 e. The Bertz CT molecular complexity index is 617. The molecular weight excluding hydrogens is 271 g/mol. The fourth-order valence-corrected chi connectivity index (χ4v) is 2.08. The van der Waals surface area contributed by atoms with Gasteiger partial charge in [-0.05, 0) is 36.9 Å². The third kappa shape index (κ3) is 4.36. The quantitative estimate of drug-likeness (QED) is 0.887. The number of benzene rings is 1. The number of nitrogens with zero attached hydrogens (tertiary/aromatic N) is 2. The molecule has 0 amide bonds. The Morgan fingerprint density at radius 3 is 2.81 bits per heavy atom. The van der Waals surface area contributed by atoms with Gasteiger partial charge in [-0.15, -0.1) is 0 Å². The summed E-state index contributed by atoms with van der Waals surface area (Å²) in [5.41, 5.74) is 1.50. The maximum absolute atomic E-state index is 13.3. The van der Waals surface area contributed by atoms with Gasteiger partial charge in [0.1, 0.15) is 5.82 Å². The summed E-state index contributed by atoms with van der Waals surface area (Å²) >= 11 is 0. The zero-order valence-electron chi connectivity index (χ0n) is 11.8. The number of aromatic carboxylic acids is 1. The van der Waals surface area contributed by atoms with Crippen LogP contribution in [0.5, 0.6) is 0 Å². The van der Waals surface area contributed by atoms with Crippen LogP contribution in [0.25, 0.3) is 0 Å². The first-order valence-corrected chi connectivity index (χ1v) is 6.66. The number of hydrogen-bond acceptors (Lipinski definition) is 3. The number of pyridine rings is 1. The van der Waals surface area contributed by atoms with Crippen LogP contribution in [0.15, 0.2) is 42.6 Å². The van der Waals surface area contributed by atoms with Crippen LogP contribution in [0.4, 0.5) is 4.39 Å². The lowest BCUT2D eigenvalue weighted by atomic mass is 10.1. The molecule has 110 valence electrons. The van der Waals surface area contributed by atoms with Crippen LogP contribution >= 0.6 is 0 Å². The normalized spacial score (nSPS) is 10.8. The molecule has 0 aliphatic carbocycles. The highest BCUT2D eigenvalue weighted by Gasteiger charge is 2.11. The zero-order chi connectivity index (χ0) is 15.2. The van der Waals surface area contributed by atoms with Crippen LogP contribution in [-0.4, -0.2) is 34.6 Å². The van der Waals surface area contributed by atoms with Crippen molar-refractivity contribution in [2.24, 2.45) is 0 Å². The maximum atomic E-state index is 13.3. The number of aromatic nitrogens is 1. The van der Waals surface area contributed by atoms with Gasteiger partial charge in [-0.25, -0.2) is 9.18 Å². The number of carbonyl (C=O) groups is 1. The molecule has 0 aliphatic rings. The molecule has 2 aromatic rings. The lowest BCUT2D eigenvalue weighted by molar-refractivity contribution is 0.0691. The third-order valence-electron chi connectivity index (χ3n) is 3.19. The molecule has 1 N–H and O–H groups in total.